The summed E-state index contributed by atoms with van der Waals surface area (Å²) in [5, 5.41) is 0. The van der Waals surface area contributed by atoms with Gasteiger partial charge in [-0.2, -0.15) is 0 Å². The monoisotopic (exact) mass is 302 g/mol. The van der Waals surface area contributed by atoms with Gasteiger partial charge >= 0.3 is 0 Å². The number of nitrogens with zero attached hydrogens (tertiary/aromatic N) is 1. The third kappa shape index (κ3) is 4.72. The number of ether oxygens (including phenoxy) is 1. The molecule has 0 heterocycles. The van der Waals surface area contributed by atoms with Gasteiger partial charge < -0.3 is 14.8 Å². The lowest BCUT2D eigenvalue weighted by molar-refractivity contribution is -0.116. The van der Waals surface area contributed by atoms with E-state index in [1.54, 1.807) is 0 Å². The molecule has 0 atom stereocenters. The summed E-state index contributed by atoms with van der Waals surface area (Å²) in [7, 11) is 0. The Morgan fingerprint density at radius 1 is 1.14 bits per heavy atom. The third-order valence-corrected chi connectivity index (χ3v) is 3.74. The van der Waals surface area contributed by atoms with Crippen molar-refractivity contribution in [2.24, 2.45) is 5.73 Å². The molecule has 2 aromatic carbocycles. The number of rotatable bonds is 7. The summed E-state index contributed by atoms with van der Waals surface area (Å²) < 4.78 is 7.29. The van der Waals surface area contributed by atoms with Gasteiger partial charge in [-0.25, -0.2) is 0 Å². The second-order valence-electron chi connectivity index (χ2n) is 4.33. The molecule has 0 aliphatic heterocycles. The van der Waals surface area contributed by atoms with Crippen molar-refractivity contribution in [1.82, 2.24) is 0 Å². The Morgan fingerprint density at radius 3 is 2.38 bits per heavy atom. The predicted molar refractivity (Wildman–Crippen MR) is 86.5 cm³/mol. The topological polar surface area (TPSA) is 55.6 Å². The SMILES string of the molecule is CCOc1ccc(SN(CC(N)=O)c2ccccc2)cc1. The second-order valence-corrected chi connectivity index (χ2v) is 5.43. The zero-order chi connectivity index (χ0) is 15.1. The van der Waals surface area contributed by atoms with E-state index in [1.165, 1.54) is 11.9 Å². The first-order valence-corrected chi connectivity index (χ1v) is 7.48. The van der Waals surface area contributed by atoms with E-state index in [1.807, 2.05) is 65.8 Å². The molecule has 0 aromatic heterocycles. The first kappa shape index (κ1) is 15.3. The van der Waals surface area contributed by atoms with Gasteiger partial charge in [-0.15, -0.1) is 0 Å². The third-order valence-electron chi connectivity index (χ3n) is 2.69. The van der Waals surface area contributed by atoms with Gasteiger partial charge in [-0.3, -0.25) is 4.79 Å². The smallest absolute Gasteiger partial charge is 0.238 e. The minimum absolute atomic E-state index is 0.155. The number of carbonyl (C=O) groups is 1. The quantitative estimate of drug-likeness (QED) is 0.799. The first-order chi connectivity index (χ1) is 10.2. The van der Waals surface area contributed by atoms with Crippen LogP contribution >= 0.6 is 11.9 Å². The van der Waals surface area contributed by atoms with E-state index in [0.29, 0.717) is 6.61 Å². The maximum atomic E-state index is 11.3. The van der Waals surface area contributed by atoms with Crippen LogP contribution in [-0.4, -0.2) is 19.1 Å². The highest BCUT2D eigenvalue weighted by atomic mass is 32.2. The van der Waals surface area contributed by atoms with Crippen molar-refractivity contribution in [3.05, 3.63) is 54.6 Å². The number of para-hydroxylation sites is 1. The van der Waals surface area contributed by atoms with Gasteiger partial charge in [0.05, 0.1) is 6.61 Å². The van der Waals surface area contributed by atoms with Crippen LogP contribution in [-0.2, 0) is 4.79 Å². The van der Waals surface area contributed by atoms with E-state index >= 15 is 0 Å². The first-order valence-electron chi connectivity index (χ1n) is 6.70. The molecule has 0 aliphatic carbocycles. The minimum atomic E-state index is -0.364. The second kappa shape index (κ2) is 7.59. The number of anilines is 1. The van der Waals surface area contributed by atoms with E-state index in [-0.39, 0.29) is 12.5 Å². The molecule has 1 amide bonds. The van der Waals surface area contributed by atoms with Gasteiger partial charge in [-0.05, 0) is 55.3 Å². The van der Waals surface area contributed by atoms with Crippen LogP contribution < -0.4 is 14.8 Å². The molecule has 110 valence electrons. The van der Waals surface area contributed by atoms with Crippen molar-refractivity contribution in [2.45, 2.75) is 11.8 Å². The molecule has 21 heavy (non-hydrogen) atoms. The lowest BCUT2D eigenvalue weighted by Crippen LogP contribution is -2.28. The number of amides is 1. The molecule has 2 aromatic rings. The van der Waals surface area contributed by atoms with Crippen LogP contribution in [0.2, 0.25) is 0 Å². The molecule has 2 rings (SSSR count). The van der Waals surface area contributed by atoms with Crippen molar-refractivity contribution in [3.8, 4) is 5.75 Å². The van der Waals surface area contributed by atoms with Crippen LogP contribution in [0.5, 0.6) is 5.75 Å². The van der Waals surface area contributed by atoms with E-state index in [0.717, 1.165) is 16.3 Å². The molecular weight excluding hydrogens is 284 g/mol. The van der Waals surface area contributed by atoms with E-state index in [2.05, 4.69) is 0 Å². The van der Waals surface area contributed by atoms with Gasteiger partial charge in [0.15, 0.2) is 0 Å². The molecule has 0 bridgehead atoms. The summed E-state index contributed by atoms with van der Waals surface area (Å²) in [6.07, 6.45) is 0. The Balaban J connectivity index is 2.13. The highest BCUT2D eigenvalue weighted by Crippen LogP contribution is 2.29. The lowest BCUT2D eigenvalue weighted by atomic mass is 10.3. The molecule has 0 unspecified atom stereocenters. The normalized spacial score (nSPS) is 10.1. The van der Waals surface area contributed by atoms with Gasteiger partial charge in [0.25, 0.3) is 0 Å². The molecule has 0 saturated heterocycles. The maximum absolute atomic E-state index is 11.3. The van der Waals surface area contributed by atoms with Gasteiger partial charge in [0, 0.05) is 10.6 Å². The van der Waals surface area contributed by atoms with Gasteiger partial charge in [0.1, 0.15) is 12.3 Å². The molecule has 2 N–H and O–H groups in total. The standard InChI is InChI=1S/C16H18N2O2S/c1-2-20-14-8-10-15(11-9-14)21-18(12-16(17)19)13-6-4-3-5-7-13/h3-11H,2,12H2,1H3,(H2,17,19). The number of hydrogen-bond donors (Lipinski definition) is 1. The predicted octanol–water partition coefficient (Wildman–Crippen LogP) is 3.08. The molecule has 0 radical (unpaired) electrons. The van der Waals surface area contributed by atoms with Crippen molar-refractivity contribution >= 4 is 23.5 Å². The number of primary amides is 1. The molecule has 0 aliphatic rings. The van der Waals surface area contributed by atoms with Crippen LogP contribution in [0, 0.1) is 0 Å². The zero-order valence-corrected chi connectivity index (χ0v) is 12.7. The average Bonchev–Trinajstić information content (AvgIpc) is 2.49. The maximum Gasteiger partial charge on any atom is 0.238 e. The Hall–Kier alpha value is -2.14. The number of carbonyl (C=O) groups excluding carboxylic acids is 1. The van der Waals surface area contributed by atoms with Crippen molar-refractivity contribution in [1.29, 1.82) is 0 Å². The molecule has 0 saturated carbocycles. The number of benzene rings is 2. The Labute approximate surface area is 129 Å². The highest BCUT2D eigenvalue weighted by molar-refractivity contribution is 8.00. The van der Waals surface area contributed by atoms with E-state index in [4.69, 9.17) is 10.5 Å². The summed E-state index contributed by atoms with van der Waals surface area (Å²) in [6, 6.07) is 17.5. The fourth-order valence-corrected chi connectivity index (χ4v) is 2.73. The summed E-state index contributed by atoms with van der Waals surface area (Å²) in [6.45, 7) is 2.75. The molecule has 0 fully saturated rings. The molecular formula is C16H18N2O2S. The Kier molecular flexibility index (Phi) is 5.51. The Morgan fingerprint density at radius 2 is 1.81 bits per heavy atom. The fraction of sp³-hybridized carbons (Fsp3) is 0.188. The van der Waals surface area contributed by atoms with Crippen LogP contribution in [0.15, 0.2) is 59.5 Å². The van der Waals surface area contributed by atoms with E-state index < -0.39 is 0 Å². The van der Waals surface area contributed by atoms with Crippen molar-refractivity contribution < 1.29 is 9.53 Å². The minimum Gasteiger partial charge on any atom is -0.494 e. The molecule has 5 heteroatoms. The molecule has 0 spiro atoms. The lowest BCUT2D eigenvalue weighted by Gasteiger charge is -2.21. The zero-order valence-electron chi connectivity index (χ0n) is 11.9. The van der Waals surface area contributed by atoms with Gasteiger partial charge in [0.2, 0.25) is 5.91 Å². The van der Waals surface area contributed by atoms with Crippen LogP contribution in [0.4, 0.5) is 5.69 Å². The number of hydrogen-bond acceptors (Lipinski definition) is 4. The van der Waals surface area contributed by atoms with Crippen molar-refractivity contribution in [3.63, 3.8) is 0 Å². The summed E-state index contributed by atoms with van der Waals surface area (Å²) >= 11 is 1.47. The van der Waals surface area contributed by atoms with Gasteiger partial charge in [-0.1, -0.05) is 18.2 Å². The summed E-state index contributed by atoms with van der Waals surface area (Å²) in [5.74, 6) is 0.473. The number of nitrogens with two attached hydrogens (primary N) is 1. The summed E-state index contributed by atoms with van der Waals surface area (Å²) in [4.78, 5) is 12.3. The van der Waals surface area contributed by atoms with E-state index in [9.17, 15) is 4.79 Å². The Bertz CT molecular complexity index is 573. The van der Waals surface area contributed by atoms with Crippen molar-refractivity contribution in [2.75, 3.05) is 17.5 Å². The fourth-order valence-electron chi connectivity index (χ4n) is 1.80. The molecule has 4 nitrogen and oxygen atoms in total. The van der Waals surface area contributed by atoms with Crippen LogP contribution in [0.1, 0.15) is 6.92 Å². The van der Waals surface area contributed by atoms with Crippen LogP contribution in [0.3, 0.4) is 0 Å². The largest absolute Gasteiger partial charge is 0.494 e. The van der Waals surface area contributed by atoms with Crippen LogP contribution in [0.25, 0.3) is 0 Å². The average molecular weight is 302 g/mol. The highest BCUT2D eigenvalue weighted by Gasteiger charge is 2.11. The summed E-state index contributed by atoms with van der Waals surface area (Å²) in [5.41, 5.74) is 6.27.